The predicted octanol–water partition coefficient (Wildman–Crippen LogP) is 1.57. The Morgan fingerprint density at radius 3 is 3.07 bits per heavy atom. The third-order valence-electron chi connectivity index (χ3n) is 2.61. The van der Waals surface area contributed by atoms with Crippen molar-refractivity contribution in [1.82, 2.24) is 10.2 Å². The van der Waals surface area contributed by atoms with Crippen molar-refractivity contribution in [3.8, 4) is 0 Å². The van der Waals surface area contributed by atoms with E-state index >= 15 is 0 Å². The van der Waals surface area contributed by atoms with Crippen molar-refractivity contribution in [3.05, 3.63) is 22.4 Å². The Kier molecular flexibility index (Phi) is 3.75. The van der Waals surface area contributed by atoms with Crippen LogP contribution in [0.2, 0.25) is 0 Å². The van der Waals surface area contributed by atoms with E-state index in [1.807, 2.05) is 22.4 Å². The summed E-state index contributed by atoms with van der Waals surface area (Å²) < 4.78 is 0. The summed E-state index contributed by atoms with van der Waals surface area (Å²) >= 11 is 1.53. The van der Waals surface area contributed by atoms with Gasteiger partial charge in [-0.1, -0.05) is 6.07 Å². The summed E-state index contributed by atoms with van der Waals surface area (Å²) in [4.78, 5) is 14.8. The van der Waals surface area contributed by atoms with Crippen molar-refractivity contribution in [2.24, 2.45) is 0 Å². The molecule has 15 heavy (non-hydrogen) atoms. The molecule has 2 heterocycles. The highest BCUT2D eigenvalue weighted by atomic mass is 32.1. The molecule has 1 N–H and O–H groups in total. The maximum absolute atomic E-state index is 12.0. The smallest absolute Gasteiger partial charge is 0.263 e. The number of amides is 1. The lowest BCUT2D eigenvalue weighted by atomic mass is 10.2. The average molecular weight is 224 g/mol. The molecule has 1 aliphatic rings. The molecular formula is C11H16N2OS. The number of nitrogens with zero attached hydrogens (tertiary/aromatic N) is 1. The van der Waals surface area contributed by atoms with Crippen molar-refractivity contribution >= 4 is 17.2 Å². The van der Waals surface area contributed by atoms with E-state index in [9.17, 15) is 4.79 Å². The molecule has 1 aromatic heterocycles. The van der Waals surface area contributed by atoms with E-state index < -0.39 is 0 Å². The van der Waals surface area contributed by atoms with Crippen molar-refractivity contribution in [1.29, 1.82) is 0 Å². The molecule has 1 fully saturated rings. The molecule has 3 nitrogen and oxygen atoms in total. The fraction of sp³-hybridized carbons (Fsp3) is 0.545. The molecule has 0 aliphatic carbocycles. The Morgan fingerprint density at radius 2 is 2.27 bits per heavy atom. The van der Waals surface area contributed by atoms with E-state index in [4.69, 9.17) is 0 Å². The number of rotatable bonds is 1. The summed E-state index contributed by atoms with van der Waals surface area (Å²) in [5, 5.41) is 5.28. The molecule has 1 saturated heterocycles. The van der Waals surface area contributed by atoms with Crippen LogP contribution in [0, 0.1) is 0 Å². The standard InChI is InChI=1S/C11H16N2OS/c14-11(10-4-3-9-15-10)13-7-2-1-5-12-6-8-13/h3-4,9,12H,1-2,5-8H2. The van der Waals surface area contributed by atoms with E-state index in [0.717, 1.165) is 43.9 Å². The monoisotopic (exact) mass is 224 g/mol. The first-order valence-electron chi connectivity index (χ1n) is 5.41. The number of carbonyl (C=O) groups is 1. The topological polar surface area (TPSA) is 32.3 Å². The van der Waals surface area contributed by atoms with Gasteiger partial charge in [0.05, 0.1) is 4.88 Å². The Labute approximate surface area is 94.1 Å². The van der Waals surface area contributed by atoms with Crippen molar-refractivity contribution < 1.29 is 4.79 Å². The number of thiophene rings is 1. The molecule has 1 aromatic rings. The van der Waals surface area contributed by atoms with Crippen LogP contribution >= 0.6 is 11.3 Å². The summed E-state index contributed by atoms with van der Waals surface area (Å²) in [5.41, 5.74) is 0. The number of hydrogen-bond acceptors (Lipinski definition) is 3. The van der Waals surface area contributed by atoms with Gasteiger partial charge in [-0.15, -0.1) is 11.3 Å². The molecule has 1 amide bonds. The zero-order valence-electron chi connectivity index (χ0n) is 8.74. The van der Waals surface area contributed by atoms with E-state index in [1.54, 1.807) is 0 Å². The zero-order valence-corrected chi connectivity index (χ0v) is 9.55. The van der Waals surface area contributed by atoms with Crippen LogP contribution in [0.3, 0.4) is 0 Å². The molecule has 0 bridgehead atoms. The summed E-state index contributed by atoms with van der Waals surface area (Å²) in [6.45, 7) is 3.73. The molecule has 82 valence electrons. The molecule has 0 spiro atoms. The minimum absolute atomic E-state index is 0.189. The Morgan fingerprint density at radius 1 is 1.33 bits per heavy atom. The Balaban J connectivity index is 1.98. The molecule has 0 unspecified atom stereocenters. The van der Waals surface area contributed by atoms with Gasteiger partial charge >= 0.3 is 0 Å². The van der Waals surface area contributed by atoms with Crippen LogP contribution in [0.15, 0.2) is 17.5 Å². The lowest BCUT2D eigenvalue weighted by Gasteiger charge is -2.24. The molecule has 0 radical (unpaired) electrons. The molecule has 1 aliphatic heterocycles. The maximum Gasteiger partial charge on any atom is 0.263 e. The lowest BCUT2D eigenvalue weighted by molar-refractivity contribution is 0.0753. The van der Waals surface area contributed by atoms with Crippen LogP contribution in [0.4, 0.5) is 0 Å². The SMILES string of the molecule is O=C(c1cccs1)N1CCCCNCC1. The predicted molar refractivity (Wildman–Crippen MR) is 62.3 cm³/mol. The Hall–Kier alpha value is -0.870. The van der Waals surface area contributed by atoms with Crippen LogP contribution in [-0.4, -0.2) is 37.0 Å². The minimum Gasteiger partial charge on any atom is -0.337 e. The van der Waals surface area contributed by atoms with E-state index in [1.165, 1.54) is 11.3 Å². The van der Waals surface area contributed by atoms with Crippen LogP contribution in [-0.2, 0) is 0 Å². The van der Waals surface area contributed by atoms with Gasteiger partial charge in [0.1, 0.15) is 0 Å². The number of nitrogens with one attached hydrogen (secondary N) is 1. The van der Waals surface area contributed by atoms with Gasteiger partial charge in [0.15, 0.2) is 0 Å². The van der Waals surface area contributed by atoms with Crippen LogP contribution in [0.5, 0.6) is 0 Å². The van der Waals surface area contributed by atoms with Crippen LogP contribution in [0.1, 0.15) is 22.5 Å². The van der Waals surface area contributed by atoms with E-state index in [0.29, 0.717) is 0 Å². The molecule has 0 saturated carbocycles. The van der Waals surface area contributed by atoms with Gasteiger partial charge in [0.25, 0.3) is 5.91 Å². The fourth-order valence-electron chi connectivity index (χ4n) is 1.76. The molecule has 0 aromatic carbocycles. The van der Waals surface area contributed by atoms with Crippen molar-refractivity contribution in [2.75, 3.05) is 26.2 Å². The largest absolute Gasteiger partial charge is 0.337 e. The van der Waals surface area contributed by atoms with Gasteiger partial charge in [0, 0.05) is 19.6 Å². The number of hydrogen-bond donors (Lipinski definition) is 1. The van der Waals surface area contributed by atoms with E-state index in [-0.39, 0.29) is 5.91 Å². The highest BCUT2D eigenvalue weighted by molar-refractivity contribution is 7.12. The summed E-state index contributed by atoms with van der Waals surface area (Å²) in [7, 11) is 0. The third kappa shape index (κ3) is 2.79. The van der Waals surface area contributed by atoms with Gasteiger partial charge in [-0.05, 0) is 30.8 Å². The van der Waals surface area contributed by atoms with Crippen molar-refractivity contribution in [2.45, 2.75) is 12.8 Å². The second-order valence-electron chi connectivity index (χ2n) is 3.73. The zero-order chi connectivity index (χ0) is 10.5. The summed E-state index contributed by atoms with van der Waals surface area (Å²) in [6.07, 6.45) is 2.26. The van der Waals surface area contributed by atoms with Crippen LogP contribution in [0.25, 0.3) is 0 Å². The fourth-order valence-corrected chi connectivity index (χ4v) is 2.45. The van der Waals surface area contributed by atoms with Crippen LogP contribution < -0.4 is 5.32 Å². The second kappa shape index (κ2) is 5.28. The second-order valence-corrected chi connectivity index (χ2v) is 4.67. The van der Waals surface area contributed by atoms with E-state index in [2.05, 4.69) is 5.32 Å². The maximum atomic E-state index is 12.0. The summed E-state index contributed by atoms with van der Waals surface area (Å²) in [6, 6.07) is 3.83. The average Bonchev–Trinajstić information content (AvgIpc) is 2.68. The molecule has 4 heteroatoms. The third-order valence-corrected chi connectivity index (χ3v) is 3.47. The van der Waals surface area contributed by atoms with Crippen molar-refractivity contribution in [3.63, 3.8) is 0 Å². The minimum atomic E-state index is 0.189. The highest BCUT2D eigenvalue weighted by Gasteiger charge is 2.16. The quantitative estimate of drug-likeness (QED) is 0.785. The summed E-state index contributed by atoms with van der Waals surface area (Å²) in [5.74, 6) is 0.189. The Bertz CT molecular complexity index is 302. The lowest BCUT2D eigenvalue weighted by Crippen LogP contribution is -2.39. The van der Waals surface area contributed by atoms with Gasteiger partial charge in [-0.3, -0.25) is 4.79 Å². The first-order valence-corrected chi connectivity index (χ1v) is 6.29. The van der Waals surface area contributed by atoms with Gasteiger partial charge in [-0.25, -0.2) is 0 Å². The van der Waals surface area contributed by atoms with Gasteiger partial charge in [0.2, 0.25) is 0 Å². The molecule has 2 rings (SSSR count). The normalized spacial score (nSPS) is 18.3. The van der Waals surface area contributed by atoms with Gasteiger partial charge in [-0.2, -0.15) is 0 Å². The highest BCUT2D eigenvalue weighted by Crippen LogP contribution is 2.12. The first kappa shape index (κ1) is 10.6. The number of carbonyl (C=O) groups excluding carboxylic acids is 1. The first-order chi connectivity index (χ1) is 7.38. The van der Waals surface area contributed by atoms with Gasteiger partial charge < -0.3 is 10.2 Å². The molecule has 0 atom stereocenters. The molecular weight excluding hydrogens is 208 g/mol.